The molecule has 0 aliphatic rings. The van der Waals surface area contributed by atoms with E-state index >= 15 is 0 Å². The molecule has 2 aromatic rings. The van der Waals surface area contributed by atoms with Crippen molar-refractivity contribution in [3.63, 3.8) is 0 Å². The van der Waals surface area contributed by atoms with Crippen LogP contribution in [0.3, 0.4) is 0 Å². The molecule has 0 fully saturated rings. The fourth-order valence-corrected chi connectivity index (χ4v) is 2.48. The lowest BCUT2D eigenvalue weighted by atomic mass is 9.88. The molecule has 0 spiro atoms. The molecule has 0 saturated heterocycles. The van der Waals surface area contributed by atoms with Crippen LogP contribution < -0.4 is 0 Å². The third kappa shape index (κ3) is 3.50. The molecule has 5 heteroatoms. The van der Waals surface area contributed by atoms with Gasteiger partial charge in [-0.1, -0.05) is 43.3 Å². The van der Waals surface area contributed by atoms with Crippen molar-refractivity contribution in [2.24, 2.45) is 0 Å². The zero-order valence-corrected chi connectivity index (χ0v) is 12.4. The normalized spacial score (nSPS) is 11.3. The minimum Gasteiger partial charge on any atom is -0.294 e. The molecule has 0 bridgehead atoms. The van der Waals surface area contributed by atoms with Crippen molar-refractivity contribution in [1.82, 2.24) is 0 Å². The molecule has 23 heavy (non-hydrogen) atoms. The molecule has 0 heterocycles. The second-order valence-electron chi connectivity index (χ2n) is 5.05. The van der Waals surface area contributed by atoms with Crippen LogP contribution in [0.2, 0.25) is 0 Å². The van der Waals surface area contributed by atoms with E-state index in [1.807, 2.05) is 0 Å². The van der Waals surface area contributed by atoms with Gasteiger partial charge in [-0.3, -0.25) is 9.59 Å². The highest BCUT2D eigenvalue weighted by Crippen LogP contribution is 2.39. The van der Waals surface area contributed by atoms with Gasteiger partial charge in [0.2, 0.25) is 6.29 Å². The summed E-state index contributed by atoms with van der Waals surface area (Å²) in [5, 5.41) is 0. The van der Waals surface area contributed by atoms with Crippen LogP contribution in [0.4, 0.5) is 13.2 Å². The SMILES string of the molecule is CCCC(=O)c1c(-c2ccccc2)ccc([C]=O)c1C(F)(F)F. The van der Waals surface area contributed by atoms with Gasteiger partial charge in [-0.05, 0) is 23.6 Å². The fraction of sp³-hybridized carbons (Fsp3) is 0.222. The van der Waals surface area contributed by atoms with Crippen LogP contribution >= 0.6 is 0 Å². The minimum atomic E-state index is -4.81. The molecule has 0 saturated carbocycles. The van der Waals surface area contributed by atoms with Crippen LogP contribution in [0, 0.1) is 0 Å². The Kier molecular flexibility index (Phi) is 4.98. The maximum atomic E-state index is 13.5. The number of alkyl halides is 3. The monoisotopic (exact) mass is 319 g/mol. The molecular weight excluding hydrogens is 305 g/mol. The van der Waals surface area contributed by atoms with Crippen molar-refractivity contribution in [2.45, 2.75) is 25.9 Å². The average molecular weight is 319 g/mol. The molecular formula is C18H14F3O2. The summed E-state index contributed by atoms with van der Waals surface area (Å²) in [6, 6.07) is 10.8. The maximum absolute atomic E-state index is 13.5. The van der Waals surface area contributed by atoms with Gasteiger partial charge in [-0.25, -0.2) is 0 Å². The molecule has 1 radical (unpaired) electrons. The van der Waals surface area contributed by atoms with Crippen LogP contribution in [0.5, 0.6) is 0 Å². The summed E-state index contributed by atoms with van der Waals surface area (Å²) in [4.78, 5) is 23.3. The van der Waals surface area contributed by atoms with Gasteiger partial charge in [0, 0.05) is 17.5 Å². The van der Waals surface area contributed by atoms with Gasteiger partial charge in [-0.15, -0.1) is 0 Å². The molecule has 0 N–H and O–H groups in total. The van der Waals surface area contributed by atoms with E-state index in [-0.39, 0.29) is 12.0 Å². The standard InChI is InChI=1S/C18H14F3O2/c1-2-6-15(23)16-14(12-7-4-3-5-8-12)10-9-13(11-22)17(16)18(19,20)21/h3-5,7-10H,2,6H2,1H3. The average Bonchev–Trinajstić information content (AvgIpc) is 2.53. The summed E-state index contributed by atoms with van der Waals surface area (Å²) in [5.41, 5.74) is -1.62. The van der Waals surface area contributed by atoms with Crippen LogP contribution in [-0.4, -0.2) is 12.1 Å². The number of carbonyl (C=O) groups excluding carboxylic acids is 2. The van der Waals surface area contributed by atoms with Crippen LogP contribution in [-0.2, 0) is 11.0 Å². The molecule has 2 aromatic carbocycles. The first-order valence-electron chi connectivity index (χ1n) is 7.11. The van der Waals surface area contributed by atoms with Crippen molar-refractivity contribution in [3.8, 4) is 11.1 Å². The lowest BCUT2D eigenvalue weighted by Crippen LogP contribution is -2.17. The number of Topliss-reactive ketones (excluding diaryl/α,β-unsaturated/α-hetero) is 1. The smallest absolute Gasteiger partial charge is 0.294 e. The Hall–Kier alpha value is -2.43. The molecule has 2 rings (SSSR count). The number of hydrogen-bond acceptors (Lipinski definition) is 2. The van der Waals surface area contributed by atoms with Gasteiger partial charge in [0.15, 0.2) is 5.78 Å². The first-order valence-corrected chi connectivity index (χ1v) is 7.11. The Balaban J connectivity index is 2.83. The zero-order valence-electron chi connectivity index (χ0n) is 12.4. The second-order valence-corrected chi connectivity index (χ2v) is 5.05. The van der Waals surface area contributed by atoms with Crippen LogP contribution in [0.25, 0.3) is 11.1 Å². The van der Waals surface area contributed by atoms with E-state index in [4.69, 9.17) is 0 Å². The van der Waals surface area contributed by atoms with Gasteiger partial charge >= 0.3 is 6.18 Å². The van der Waals surface area contributed by atoms with Gasteiger partial charge in [-0.2, -0.15) is 13.2 Å². The van der Waals surface area contributed by atoms with E-state index in [2.05, 4.69) is 0 Å². The van der Waals surface area contributed by atoms with E-state index in [0.717, 1.165) is 6.07 Å². The third-order valence-corrected chi connectivity index (χ3v) is 3.44. The van der Waals surface area contributed by atoms with Gasteiger partial charge < -0.3 is 0 Å². The van der Waals surface area contributed by atoms with Crippen molar-refractivity contribution in [2.75, 3.05) is 0 Å². The highest BCUT2D eigenvalue weighted by molar-refractivity contribution is 6.05. The molecule has 0 aliphatic heterocycles. The van der Waals surface area contributed by atoms with Crippen molar-refractivity contribution < 1.29 is 22.8 Å². The molecule has 0 aliphatic carbocycles. The molecule has 0 atom stereocenters. The number of ketones is 1. The van der Waals surface area contributed by atoms with E-state index in [0.29, 0.717) is 12.0 Å². The van der Waals surface area contributed by atoms with E-state index in [9.17, 15) is 22.8 Å². The molecule has 0 amide bonds. The maximum Gasteiger partial charge on any atom is 0.417 e. The van der Waals surface area contributed by atoms with Crippen molar-refractivity contribution >= 4 is 12.1 Å². The van der Waals surface area contributed by atoms with Crippen molar-refractivity contribution in [3.05, 3.63) is 59.2 Å². The Labute approximate surface area is 131 Å². The molecule has 0 aromatic heterocycles. The summed E-state index contributed by atoms with van der Waals surface area (Å²) in [6.07, 6.45) is -3.12. The van der Waals surface area contributed by atoms with E-state index in [1.165, 1.54) is 12.4 Å². The summed E-state index contributed by atoms with van der Waals surface area (Å²) in [6.45, 7) is 1.71. The summed E-state index contributed by atoms with van der Waals surface area (Å²) in [5.74, 6) is -0.629. The topological polar surface area (TPSA) is 34.1 Å². The summed E-state index contributed by atoms with van der Waals surface area (Å²) < 4.78 is 40.4. The molecule has 119 valence electrons. The molecule has 0 unspecified atom stereocenters. The predicted octanol–water partition coefficient (Wildman–Crippen LogP) is 4.81. The Bertz CT molecular complexity index is 719. The first kappa shape index (κ1) is 16.9. The fourth-order valence-electron chi connectivity index (χ4n) is 2.48. The van der Waals surface area contributed by atoms with Gasteiger partial charge in [0.05, 0.1) is 5.56 Å². The quantitative estimate of drug-likeness (QED) is 0.741. The lowest BCUT2D eigenvalue weighted by Gasteiger charge is -2.18. The van der Waals surface area contributed by atoms with Gasteiger partial charge in [0.25, 0.3) is 0 Å². The Morgan fingerprint density at radius 1 is 1.09 bits per heavy atom. The number of halogens is 3. The number of benzene rings is 2. The van der Waals surface area contributed by atoms with Gasteiger partial charge in [0.1, 0.15) is 0 Å². The number of rotatable bonds is 5. The van der Waals surface area contributed by atoms with E-state index in [1.54, 1.807) is 37.3 Å². The predicted molar refractivity (Wildman–Crippen MR) is 80.9 cm³/mol. The summed E-state index contributed by atoms with van der Waals surface area (Å²) >= 11 is 0. The lowest BCUT2D eigenvalue weighted by molar-refractivity contribution is -0.138. The van der Waals surface area contributed by atoms with Crippen LogP contribution in [0.15, 0.2) is 42.5 Å². The highest BCUT2D eigenvalue weighted by atomic mass is 19.4. The molecule has 2 nitrogen and oxygen atoms in total. The van der Waals surface area contributed by atoms with Crippen LogP contribution in [0.1, 0.15) is 41.3 Å². The minimum absolute atomic E-state index is 0.0226. The second kappa shape index (κ2) is 6.77. The Morgan fingerprint density at radius 3 is 2.26 bits per heavy atom. The number of hydrogen-bond donors (Lipinski definition) is 0. The zero-order chi connectivity index (χ0) is 17.0. The highest BCUT2D eigenvalue weighted by Gasteiger charge is 2.39. The Morgan fingerprint density at radius 2 is 1.74 bits per heavy atom. The number of carbonyl (C=O) groups is 1. The largest absolute Gasteiger partial charge is 0.417 e. The van der Waals surface area contributed by atoms with Crippen molar-refractivity contribution in [1.29, 1.82) is 0 Å². The first-order chi connectivity index (χ1) is 10.9. The third-order valence-electron chi connectivity index (χ3n) is 3.44. The van der Waals surface area contributed by atoms with E-state index < -0.39 is 28.6 Å². The summed E-state index contributed by atoms with van der Waals surface area (Å²) in [7, 11) is 0.